The number of anilines is 1. The molecular formula is C24H18F3N5O2. The number of methoxy groups -OCH3 is 1. The number of hydrogen-bond acceptors (Lipinski definition) is 4. The van der Waals surface area contributed by atoms with Gasteiger partial charge in [0.2, 0.25) is 5.95 Å². The molecule has 7 nitrogen and oxygen atoms in total. The zero-order valence-corrected chi connectivity index (χ0v) is 18.1. The van der Waals surface area contributed by atoms with Crippen LogP contribution >= 0.6 is 0 Å². The van der Waals surface area contributed by atoms with E-state index in [0.717, 1.165) is 11.8 Å². The van der Waals surface area contributed by atoms with Gasteiger partial charge in [-0.1, -0.05) is 24.3 Å². The maximum atomic E-state index is 13.4. The van der Waals surface area contributed by atoms with Crippen molar-refractivity contribution in [1.82, 2.24) is 19.4 Å². The number of nitrogens with one attached hydrogen (secondary N) is 2. The number of imidazole rings is 2. The first-order valence-electron chi connectivity index (χ1n) is 10.2. The summed E-state index contributed by atoms with van der Waals surface area (Å²) >= 11 is 0. The Kier molecular flexibility index (Phi) is 5.00. The normalized spacial score (nSPS) is 11.8. The summed E-state index contributed by atoms with van der Waals surface area (Å²) < 4.78 is 47.1. The lowest BCUT2D eigenvalue weighted by Crippen LogP contribution is -2.13. The van der Waals surface area contributed by atoms with Gasteiger partial charge in [0.05, 0.1) is 23.7 Å². The molecule has 10 heteroatoms. The number of H-pyrrole nitrogens is 1. The van der Waals surface area contributed by atoms with Crippen LogP contribution in [-0.2, 0) is 6.18 Å². The molecule has 0 spiro atoms. The molecule has 0 saturated heterocycles. The second-order valence-electron chi connectivity index (χ2n) is 7.68. The van der Waals surface area contributed by atoms with Gasteiger partial charge in [-0.2, -0.15) is 13.2 Å². The molecule has 0 bridgehead atoms. The number of pyridine rings is 1. The summed E-state index contributed by atoms with van der Waals surface area (Å²) in [6, 6.07) is 14.4. The molecule has 0 aliphatic rings. The lowest BCUT2D eigenvalue weighted by Gasteiger charge is -2.15. The summed E-state index contributed by atoms with van der Waals surface area (Å²) in [5.41, 5.74) is 2.83. The van der Waals surface area contributed by atoms with E-state index in [1.165, 1.54) is 13.2 Å². The Labute approximate surface area is 191 Å². The molecule has 1 amide bonds. The second kappa shape index (κ2) is 7.91. The number of halogens is 3. The van der Waals surface area contributed by atoms with Crippen molar-refractivity contribution in [1.29, 1.82) is 0 Å². The third-order valence-corrected chi connectivity index (χ3v) is 5.48. The number of nitrogens with zero attached hydrogens (tertiary/aromatic N) is 3. The van der Waals surface area contributed by atoms with Crippen LogP contribution in [0.3, 0.4) is 0 Å². The highest BCUT2D eigenvalue weighted by atomic mass is 19.4. The molecule has 3 heterocycles. The molecule has 172 valence electrons. The van der Waals surface area contributed by atoms with Crippen molar-refractivity contribution in [3.8, 4) is 16.9 Å². The van der Waals surface area contributed by atoms with E-state index in [9.17, 15) is 18.0 Å². The van der Waals surface area contributed by atoms with Crippen molar-refractivity contribution < 1.29 is 22.7 Å². The van der Waals surface area contributed by atoms with Gasteiger partial charge >= 0.3 is 6.18 Å². The van der Waals surface area contributed by atoms with Gasteiger partial charge < -0.3 is 14.1 Å². The molecule has 3 aromatic heterocycles. The lowest BCUT2D eigenvalue weighted by molar-refractivity contribution is -0.138. The number of aromatic nitrogens is 4. The van der Waals surface area contributed by atoms with Crippen LogP contribution < -0.4 is 10.1 Å². The number of aromatic amines is 1. The minimum absolute atomic E-state index is 0.196. The largest absolute Gasteiger partial charge is 0.495 e. The summed E-state index contributed by atoms with van der Waals surface area (Å²) in [6.07, 6.45) is -2.91. The maximum Gasteiger partial charge on any atom is 0.419 e. The molecule has 2 N–H and O–H groups in total. The Morgan fingerprint density at radius 1 is 1.09 bits per heavy atom. The van der Waals surface area contributed by atoms with Gasteiger partial charge in [-0.3, -0.25) is 10.1 Å². The average Bonchev–Trinajstić information content (AvgIpc) is 3.42. The maximum absolute atomic E-state index is 13.4. The van der Waals surface area contributed by atoms with E-state index < -0.39 is 17.6 Å². The zero-order chi connectivity index (χ0) is 24.0. The fraction of sp³-hybridized carbons (Fsp3) is 0.125. The van der Waals surface area contributed by atoms with Crippen LogP contribution in [0.4, 0.5) is 19.1 Å². The molecule has 0 saturated carbocycles. The molecule has 34 heavy (non-hydrogen) atoms. The number of benzene rings is 2. The van der Waals surface area contributed by atoms with E-state index in [0.29, 0.717) is 27.8 Å². The fourth-order valence-corrected chi connectivity index (χ4v) is 3.87. The number of carbonyl (C=O) groups is 1. The molecule has 2 aromatic carbocycles. The van der Waals surface area contributed by atoms with Crippen LogP contribution in [0, 0.1) is 6.92 Å². The average molecular weight is 465 g/mol. The Balaban J connectivity index is 1.46. The van der Waals surface area contributed by atoms with Crippen LogP contribution in [0.5, 0.6) is 5.75 Å². The Hall–Kier alpha value is -4.34. The van der Waals surface area contributed by atoms with Gasteiger partial charge in [-0.05, 0) is 42.8 Å². The molecule has 5 aromatic rings. The van der Waals surface area contributed by atoms with E-state index in [1.54, 1.807) is 36.5 Å². The predicted octanol–water partition coefficient (Wildman–Crippen LogP) is 5.47. The second-order valence-corrected chi connectivity index (χ2v) is 7.68. The standard InChI is InChI=1S/C24H18F3N5O2/c1-13-5-3-8-20-28-19(12-32(13)20)22(33)31-23-29-17-10-9-14(11-18(17)30-23)15-6-4-7-16(21(15)34-2)24(25,26)27/h3-12H,1-2H3,(H2,29,30,31,33). The number of amides is 1. The predicted molar refractivity (Wildman–Crippen MR) is 121 cm³/mol. The summed E-state index contributed by atoms with van der Waals surface area (Å²) in [5, 5.41) is 2.68. The number of hydrogen-bond donors (Lipinski definition) is 2. The molecule has 0 fully saturated rings. The molecule has 0 aliphatic heterocycles. The van der Waals surface area contributed by atoms with Crippen LogP contribution in [0.1, 0.15) is 21.7 Å². The summed E-state index contributed by atoms with van der Waals surface area (Å²) in [4.78, 5) is 24.4. The minimum Gasteiger partial charge on any atom is -0.495 e. The van der Waals surface area contributed by atoms with E-state index >= 15 is 0 Å². The van der Waals surface area contributed by atoms with Crippen molar-refractivity contribution in [2.24, 2.45) is 0 Å². The smallest absolute Gasteiger partial charge is 0.419 e. The van der Waals surface area contributed by atoms with Crippen molar-refractivity contribution in [2.75, 3.05) is 12.4 Å². The van der Waals surface area contributed by atoms with E-state index in [2.05, 4.69) is 20.3 Å². The highest BCUT2D eigenvalue weighted by Gasteiger charge is 2.35. The first-order chi connectivity index (χ1) is 16.2. The van der Waals surface area contributed by atoms with Gasteiger partial charge in [-0.15, -0.1) is 0 Å². The molecule has 5 rings (SSSR count). The molecule has 0 aliphatic carbocycles. The summed E-state index contributed by atoms with van der Waals surface area (Å²) in [7, 11) is 1.21. The number of alkyl halides is 3. The van der Waals surface area contributed by atoms with Crippen molar-refractivity contribution in [2.45, 2.75) is 13.1 Å². The highest BCUT2D eigenvalue weighted by Crippen LogP contribution is 2.42. The van der Waals surface area contributed by atoms with Crippen LogP contribution in [0.15, 0.2) is 60.8 Å². The van der Waals surface area contributed by atoms with Gasteiger partial charge in [0, 0.05) is 17.5 Å². The first kappa shape index (κ1) is 21.5. The summed E-state index contributed by atoms with van der Waals surface area (Å²) in [5.74, 6) is -0.506. The minimum atomic E-state index is -4.55. The van der Waals surface area contributed by atoms with E-state index in [-0.39, 0.29) is 17.4 Å². The number of fused-ring (bicyclic) bond motifs is 2. The SMILES string of the molecule is COc1c(-c2ccc3nc(NC(=O)c4cn5c(C)cccc5n4)[nH]c3c2)cccc1C(F)(F)F. The number of rotatable bonds is 4. The van der Waals surface area contributed by atoms with Gasteiger partial charge in [0.15, 0.2) is 0 Å². The quantitative estimate of drug-likeness (QED) is 0.369. The highest BCUT2D eigenvalue weighted by molar-refractivity contribution is 6.03. The topological polar surface area (TPSA) is 84.3 Å². The number of carbonyl (C=O) groups excluding carboxylic acids is 1. The number of para-hydroxylation sites is 1. The van der Waals surface area contributed by atoms with E-state index in [4.69, 9.17) is 4.74 Å². The Morgan fingerprint density at radius 2 is 1.88 bits per heavy atom. The lowest BCUT2D eigenvalue weighted by atomic mass is 10.0. The third-order valence-electron chi connectivity index (χ3n) is 5.48. The van der Waals surface area contributed by atoms with Crippen LogP contribution in [0.2, 0.25) is 0 Å². The summed E-state index contributed by atoms with van der Waals surface area (Å²) in [6.45, 7) is 1.91. The fourth-order valence-electron chi connectivity index (χ4n) is 3.87. The molecule has 0 atom stereocenters. The zero-order valence-electron chi connectivity index (χ0n) is 18.1. The molecule has 0 unspecified atom stereocenters. The molecule has 0 radical (unpaired) electrons. The number of ether oxygens (including phenoxy) is 1. The first-order valence-corrected chi connectivity index (χ1v) is 10.2. The van der Waals surface area contributed by atoms with Crippen molar-refractivity contribution >= 4 is 28.5 Å². The monoisotopic (exact) mass is 465 g/mol. The third kappa shape index (κ3) is 3.72. The van der Waals surface area contributed by atoms with Crippen LogP contribution in [0.25, 0.3) is 27.8 Å². The molecular weight excluding hydrogens is 447 g/mol. The Bertz CT molecular complexity index is 1550. The Morgan fingerprint density at radius 3 is 2.62 bits per heavy atom. The van der Waals surface area contributed by atoms with Crippen molar-refractivity contribution in [3.63, 3.8) is 0 Å². The van der Waals surface area contributed by atoms with Crippen LogP contribution in [-0.4, -0.2) is 32.4 Å². The van der Waals surface area contributed by atoms with Gasteiger partial charge in [0.25, 0.3) is 5.91 Å². The van der Waals surface area contributed by atoms with Gasteiger partial charge in [0.1, 0.15) is 17.1 Å². The number of aryl methyl sites for hydroxylation is 1. The van der Waals surface area contributed by atoms with Crippen molar-refractivity contribution in [3.05, 3.63) is 77.7 Å². The van der Waals surface area contributed by atoms with E-state index in [1.807, 2.05) is 23.5 Å². The van der Waals surface area contributed by atoms with Gasteiger partial charge in [-0.25, -0.2) is 9.97 Å².